The highest BCUT2D eigenvalue weighted by molar-refractivity contribution is 5.80. The number of carbonyl (C=O) groups is 5. The molecule has 0 aliphatic carbocycles. The van der Waals surface area contributed by atoms with Crippen LogP contribution >= 0.6 is 0 Å². The molecule has 0 saturated carbocycles. The monoisotopic (exact) mass is 1200 g/mol. The molecule has 15 nitrogen and oxygen atoms in total. The van der Waals surface area contributed by atoms with Gasteiger partial charge in [-0.2, -0.15) is 13.2 Å². The topological polar surface area (TPSA) is 118 Å². The van der Waals surface area contributed by atoms with E-state index in [4.69, 9.17) is 0 Å². The lowest BCUT2D eigenvalue weighted by Crippen LogP contribution is -2.49. The Balaban J connectivity index is 0.000000198. The zero-order valence-electron chi connectivity index (χ0n) is 52.7. The molecule has 5 aliphatic heterocycles. The molecule has 0 bridgehead atoms. The van der Waals surface area contributed by atoms with Crippen molar-refractivity contribution in [3.63, 3.8) is 0 Å². The molecule has 5 amide bonds. The molecule has 0 N–H and O–H groups in total. The maximum atomic E-state index is 13.1. The summed E-state index contributed by atoms with van der Waals surface area (Å²) in [4.78, 5) is 79.4. The fourth-order valence-electron chi connectivity index (χ4n) is 10.4. The van der Waals surface area contributed by atoms with Gasteiger partial charge in [0.2, 0.25) is 29.5 Å². The summed E-state index contributed by atoms with van der Waals surface area (Å²) in [6.07, 6.45) is -4.30. The number of halogens is 5. The van der Waals surface area contributed by atoms with Crippen molar-refractivity contribution in [2.45, 2.75) is 75.4 Å². The predicted octanol–water partition coefficient (Wildman–Crippen LogP) is 9.68. The van der Waals surface area contributed by atoms with Crippen molar-refractivity contribution in [1.82, 2.24) is 29.4 Å². The van der Waals surface area contributed by atoms with Gasteiger partial charge in [0, 0.05) is 183 Å². The van der Waals surface area contributed by atoms with Gasteiger partial charge in [0.05, 0.1) is 5.56 Å². The molecule has 5 saturated heterocycles. The molecule has 0 atom stereocenters. The highest BCUT2D eigenvalue weighted by Crippen LogP contribution is 2.31. The molecule has 20 heteroatoms. The van der Waals surface area contributed by atoms with Crippen LogP contribution < -0.4 is 19.6 Å². The van der Waals surface area contributed by atoms with Crippen molar-refractivity contribution in [2.75, 3.05) is 158 Å². The van der Waals surface area contributed by atoms with E-state index in [1.54, 1.807) is 24.3 Å². The number of para-hydroxylation sites is 1. The molecule has 4 aromatic carbocycles. The average molecular weight is 1200 g/mol. The summed E-state index contributed by atoms with van der Waals surface area (Å²) >= 11 is 0. The standard InChI is InChI=1S/C15H19F3N2O.2C14H19FN2O.C14H20N2O.C9H18N2O/c1-11(2)14(21)20-9-7-19(8-10-20)13-5-3-12(4-6-13)15(16,17)18;1-11(2)14(18)17-9-7-16(8-10-17)13-5-3-12(15)4-6-13;1-11(2)14(18)17-8-6-16(7-9-17)13-5-3-4-12(15)10-13;1-12(2)14(17)16-10-8-15(9-11-16)13-6-4-3-5-7-13;1-8(2)9(12)11-6-4-10(3)5-7-11/h3-6,11H,7-10H2,1-2H3;3-6,11H,7-10H2,1-2H3;3-5,10-11H,6-9H2,1-2H3;3-7,12H,8-11H2,1-2H3;8H,4-7H2,1-3H3. The fourth-order valence-corrected chi connectivity index (χ4v) is 10.4. The van der Waals surface area contributed by atoms with Gasteiger partial charge in [-0.25, -0.2) is 8.78 Å². The van der Waals surface area contributed by atoms with Gasteiger partial charge in [-0.1, -0.05) is 93.5 Å². The first kappa shape index (κ1) is 69.8. The normalized spacial score (nSPS) is 16.9. The first-order valence-electron chi connectivity index (χ1n) is 30.6. The third-order valence-corrected chi connectivity index (χ3v) is 15.7. The van der Waals surface area contributed by atoms with E-state index in [0.29, 0.717) is 45.2 Å². The first-order chi connectivity index (χ1) is 40.7. The highest BCUT2D eigenvalue weighted by atomic mass is 19.4. The maximum Gasteiger partial charge on any atom is 0.416 e. The van der Waals surface area contributed by atoms with Gasteiger partial charge < -0.3 is 49.0 Å². The molecular weight excluding hydrogens is 1110 g/mol. The second-order valence-corrected chi connectivity index (χ2v) is 24.0. The molecule has 9 rings (SSSR count). The number of alkyl halides is 3. The first-order valence-corrected chi connectivity index (χ1v) is 30.6. The Bertz CT molecular complexity index is 2690. The molecule has 5 aliphatic rings. The van der Waals surface area contributed by atoms with Crippen LogP contribution in [0.3, 0.4) is 0 Å². The van der Waals surface area contributed by atoms with Gasteiger partial charge in [0.25, 0.3) is 0 Å². The van der Waals surface area contributed by atoms with Gasteiger partial charge >= 0.3 is 6.18 Å². The number of hydrogen-bond acceptors (Lipinski definition) is 10. The molecule has 0 spiro atoms. The highest BCUT2D eigenvalue weighted by Gasteiger charge is 2.31. The van der Waals surface area contributed by atoms with E-state index in [1.807, 2.05) is 111 Å². The number of anilines is 4. The molecular formula is C66H95F5N10O5. The number of carbonyl (C=O) groups excluding carboxylic acids is 5. The van der Waals surface area contributed by atoms with Crippen molar-refractivity contribution in [3.8, 4) is 0 Å². The molecule has 474 valence electrons. The fraction of sp³-hybridized carbons (Fsp3) is 0.561. The summed E-state index contributed by atoms with van der Waals surface area (Å²) in [6, 6.07) is 28.7. The predicted molar refractivity (Wildman–Crippen MR) is 334 cm³/mol. The molecule has 5 fully saturated rings. The largest absolute Gasteiger partial charge is 0.416 e. The molecule has 0 aromatic heterocycles. The van der Waals surface area contributed by atoms with Crippen LogP contribution in [0, 0.1) is 41.2 Å². The number of hydrogen-bond donors (Lipinski definition) is 0. The molecule has 86 heavy (non-hydrogen) atoms. The average Bonchev–Trinajstić information content (AvgIpc) is 3.54. The Morgan fingerprint density at radius 1 is 0.326 bits per heavy atom. The van der Waals surface area contributed by atoms with Crippen LogP contribution in [-0.4, -0.2) is 197 Å². The Morgan fingerprint density at radius 3 is 0.884 bits per heavy atom. The van der Waals surface area contributed by atoms with Crippen LogP contribution in [0.15, 0.2) is 103 Å². The summed E-state index contributed by atoms with van der Waals surface area (Å²) < 4.78 is 63.5. The van der Waals surface area contributed by atoms with Gasteiger partial charge in [0.1, 0.15) is 11.6 Å². The lowest BCUT2D eigenvalue weighted by Gasteiger charge is -2.37. The van der Waals surface area contributed by atoms with Crippen molar-refractivity contribution in [3.05, 3.63) is 120 Å². The van der Waals surface area contributed by atoms with Gasteiger partial charge in [-0.3, -0.25) is 24.0 Å². The van der Waals surface area contributed by atoms with Crippen molar-refractivity contribution in [1.29, 1.82) is 0 Å². The molecule has 0 unspecified atom stereocenters. The van der Waals surface area contributed by atoms with Crippen LogP contribution in [0.4, 0.5) is 44.7 Å². The Morgan fingerprint density at radius 2 is 0.593 bits per heavy atom. The minimum Gasteiger partial charge on any atom is -0.368 e. The SMILES string of the molecule is CC(C)C(=O)N1CCN(C)CC1.CC(C)C(=O)N1CCN(c2ccc(C(F)(F)F)cc2)CC1.CC(C)C(=O)N1CCN(c2ccc(F)cc2)CC1.CC(C)C(=O)N1CCN(c2cccc(F)c2)CC1.CC(C)C(=O)N1CCN(c2ccccc2)CC1. The van der Waals surface area contributed by atoms with Crippen LogP contribution in [0.2, 0.25) is 0 Å². The summed E-state index contributed by atoms with van der Waals surface area (Å²) in [5.41, 5.74) is 3.29. The van der Waals surface area contributed by atoms with Crippen LogP contribution in [0.25, 0.3) is 0 Å². The maximum absolute atomic E-state index is 13.1. The number of piperazine rings is 5. The summed E-state index contributed by atoms with van der Waals surface area (Å²) in [6.45, 7) is 35.2. The van der Waals surface area contributed by atoms with E-state index in [1.165, 1.54) is 36.0 Å². The zero-order valence-corrected chi connectivity index (χ0v) is 52.7. The summed E-state index contributed by atoms with van der Waals surface area (Å²) in [5.74, 6) is 1.02. The van der Waals surface area contributed by atoms with Gasteiger partial charge in [-0.15, -0.1) is 0 Å². The molecule has 5 heterocycles. The minimum atomic E-state index is -4.30. The van der Waals surface area contributed by atoms with E-state index < -0.39 is 11.7 Å². The third-order valence-electron chi connectivity index (χ3n) is 15.7. The lowest BCUT2D eigenvalue weighted by molar-refractivity contribution is -0.138. The zero-order chi connectivity index (χ0) is 63.3. The van der Waals surface area contributed by atoms with E-state index in [0.717, 1.165) is 121 Å². The van der Waals surface area contributed by atoms with E-state index in [-0.39, 0.29) is 64.9 Å². The second-order valence-electron chi connectivity index (χ2n) is 24.0. The van der Waals surface area contributed by atoms with Crippen LogP contribution in [-0.2, 0) is 30.1 Å². The van der Waals surface area contributed by atoms with Gasteiger partial charge in [-0.05, 0) is 85.9 Å². The van der Waals surface area contributed by atoms with Crippen molar-refractivity contribution >= 4 is 52.3 Å². The molecule has 4 aromatic rings. The number of rotatable bonds is 9. The van der Waals surface area contributed by atoms with E-state index in [9.17, 15) is 45.9 Å². The van der Waals surface area contributed by atoms with Crippen molar-refractivity contribution in [2.24, 2.45) is 29.6 Å². The minimum absolute atomic E-state index is 0.0254. The molecule has 0 radical (unpaired) electrons. The van der Waals surface area contributed by atoms with Crippen LogP contribution in [0.1, 0.15) is 74.8 Å². The lowest BCUT2D eigenvalue weighted by atomic mass is 10.1. The van der Waals surface area contributed by atoms with Crippen LogP contribution in [0.5, 0.6) is 0 Å². The second kappa shape index (κ2) is 33.8. The summed E-state index contributed by atoms with van der Waals surface area (Å²) in [7, 11) is 2.09. The smallest absolute Gasteiger partial charge is 0.368 e. The summed E-state index contributed by atoms with van der Waals surface area (Å²) in [5, 5.41) is 0. The number of amides is 5. The third kappa shape index (κ3) is 21.8. The van der Waals surface area contributed by atoms with Crippen molar-refractivity contribution < 1.29 is 45.9 Å². The van der Waals surface area contributed by atoms with Gasteiger partial charge in [0.15, 0.2) is 0 Å². The number of likely N-dealkylation sites (N-methyl/N-ethyl adjacent to an activating group) is 1. The Hall–Kier alpha value is -6.96. The van der Waals surface area contributed by atoms with E-state index in [2.05, 4.69) is 50.9 Å². The quantitative estimate of drug-likeness (QED) is 0.150. The van der Waals surface area contributed by atoms with E-state index >= 15 is 0 Å². The Kier molecular flexibility index (Phi) is 27.4. The Labute approximate surface area is 508 Å². The number of benzene rings is 4. The number of nitrogens with zero attached hydrogens (tertiary/aromatic N) is 10.